The normalized spacial score (nSPS) is 12.6. The molecule has 2 aromatic rings. The van der Waals surface area contributed by atoms with Gasteiger partial charge in [-0.05, 0) is 50.2 Å². The summed E-state index contributed by atoms with van der Waals surface area (Å²) in [5.74, 6) is -2.45. The Kier molecular flexibility index (Phi) is 5.69. The summed E-state index contributed by atoms with van der Waals surface area (Å²) in [5.41, 5.74) is -0.0289. The molecule has 142 valence electrons. The molecule has 0 aliphatic heterocycles. The second-order valence-electron chi connectivity index (χ2n) is 5.80. The molecule has 6 nitrogen and oxygen atoms in total. The van der Waals surface area contributed by atoms with Crippen LogP contribution in [0, 0.1) is 11.6 Å². The molecule has 0 saturated carbocycles. The third-order valence-corrected chi connectivity index (χ3v) is 7.18. The number of hydrogen-bond donors (Lipinski definition) is 1. The molecule has 2 rings (SSSR count). The molecule has 10 heteroatoms. The zero-order valence-corrected chi connectivity index (χ0v) is 15.9. The van der Waals surface area contributed by atoms with Gasteiger partial charge in [-0.15, -0.1) is 0 Å². The van der Waals surface area contributed by atoms with E-state index >= 15 is 0 Å². The number of anilines is 1. The minimum absolute atomic E-state index is 0.0289. The lowest BCUT2D eigenvalue weighted by atomic mass is 10.3. The fourth-order valence-corrected chi connectivity index (χ4v) is 4.65. The van der Waals surface area contributed by atoms with Crippen LogP contribution < -0.4 is 4.72 Å². The van der Waals surface area contributed by atoms with Gasteiger partial charge in [-0.3, -0.25) is 4.72 Å². The number of sulfonamides is 2. The topological polar surface area (TPSA) is 83.6 Å². The molecule has 0 aliphatic carbocycles. The third kappa shape index (κ3) is 4.02. The molecule has 0 fully saturated rings. The van der Waals surface area contributed by atoms with Gasteiger partial charge >= 0.3 is 0 Å². The van der Waals surface area contributed by atoms with Crippen LogP contribution in [0.5, 0.6) is 0 Å². The molecular formula is C16H18F2N2O4S2. The summed E-state index contributed by atoms with van der Waals surface area (Å²) in [6.45, 7) is 3.42. The molecule has 0 atom stereocenters. The van der Waals surface area contributed by atoms with Gasteiger partial charge in [0, 0.05) is 18.8 Å². The van der Waals surface area contributed by atoms with E-state index < -0.39 is 36.6 Å². The summed E-state index contributed by atoms with van der Waals surface area (Å²) < 4.78 is 79.7. The fraction of sp³-hybridized carbons (Fsp3) is 0.250. The lowest BCUT2D eigenvalue weighted by molar-refractivity contribution is 0.410. The Balaban J connectivity index is 2.33. The Labute approximate surface area is 151 Å². The number of rotatable bonds is 6. The Hall–Kier alpha value is -2.04. The van der Waals surface area contributed by atoms with E-state index in [4.69, 9.17) is 0 Å². The molecule has 0 bridgehead atoms. The maximum atomic E-state index is 13.7. The van der Waals surface area contributed by atoms with E-state index in [1.54, 1.807) is 13.8 Å². The first-order valence-electron chi connectivity index (χ1n) is 7.52. The second kappa shape index (κ2) is 7.29. The van der Waals surface area contributed by atoms with E-state index in [9.17, 15) is 25.6 Å². The Morgan fingerprint density at radius 2 is 1.42 bits per heavy atom. The van der Waals surface area contributed by atoms with E-state index in [-0.39, 0.29) is 16.6 Å². The number of nitrogens with one attached hydrogen (secondary N) is 1. The van der Waals surface area contributed by atoms with E-state index in [0.29, 0.717) is 0 Å². The van der Waals surface area contributed by atoms with Gasteiger partial charge in [-0.25, -0.2) is 25.6 Å². The third-order valence-electron chi connectivity index (χ3n) is 3.70. The molecule has 0 aromatic heterocycles. The first-order chi connectivity index (χ1) is 12.0. The van der Waals surface area contributed by atoms with Crippen LogP contribution in [0.2, 0.25) is 0 Å². The lowest BCUT2D eigenvalue weighted by Crippen LogP contribution is -2.33. The van der Waals surface area contributed by atoms with Crippen LogP contribution in [0.25, 0.3) is 0 Å². The predicted molar refractivity (Wildman–Crippen MR) is 93.7 cm³/mol. The van der Waals surface area contributed by atoms with Crippen molar-refractivity contribution in [1.29, 1.82) is 0 Å². The first-order valence-corrected chi connectivity index (χ1v) is 10.4. The maximum Gasteiger partial charge on any atom is 0.267 e. The van der Waals surface area contributed by atoms with Gasteiger partial charge in [0.05, 0.1) is 4.90 Å². The van der Waals surface area contributed by atoms with Crippen molar-refractivity contribution in [3.63, 3.8) is 0 Å². The van der Waals surface area contributed by atoms with Gasteiger partial charge in [-0.1, -0.05) is 6.07 Å². The van der Waals surface area contributed by atoms with E-state index in [1.165, 1.54) is 35.6 Å². The van der Waals surface area contributed by atoms with Crippen molar-refractivity contribution in [2.24, 2.45) is 0 Å². The first kappa shape index (κ1) is 20.3. The largest absolute Gasteiger partial charge is 0.279 e. The monoisotopic (exact) mass is 404 g/mol. The predicted octanol–water partition coefficient (Wildman–Crippen LogP) is 2.79. The van der Waals surface area contributed by atoms with E-state index in [0.717, 1.165) is 18.2 Å². The molecule has 0 radical (unpaired) electrons. The molecular weight excluding hydrogens is 386 g/mol. The SMILES string of the molecule is CC(C)N(C)S(=O)(=O)c1ccc(NS(=O)(=O)c2c(F)cccc2F)cc1. The fourth-order valence-electron chi connectivity index (χ4n) is 2.08. The standard InChI is InChI=1S/C16H18F2N2O4S2/c1-11(2)20(3)26(23,24)13-9-7-12(8-10-13)19-25(21,22)16-14(17)5-4-6-15(16)18/h4-11,19H,1-3H3. The summed E-state index contributed by atoms with van der Waals surface area (Å²) >= 11 is 0. The van der Waals surface area contributed by atoms with Gasteiger partial charge in [-0.2, -0.15) is 4.31 Å². The van der Waals surface area contributed by atoms with Gasteiger partial charge in [0.15, 0.2) is 4.90 Å². The number of hydrogen-bond acceptors (Lipinski definition) is 4. The van der Waals surface area contributed by atoms with E-state index in [1.807, 2.05) is 4.72 Å². The van der Waals surface area contributed by atoms with Crippen molar-refractivity contribution in [1.82, 2.24) is 4.31 Å². The Morgan fingerprint density at radius 1 is 0.923 bits per heavy atom. The molecule has 0 aliphatic rings. The minimum atomic E-state index is -4.51. The zero-order chi connectivity index (χ0) is 19.7. The highest BCUT2D eigenvalue weighted by Gasteiger charge is 2.25. The van der Waals surface area contributed by atoms with Crippen LogP contribution in [-0.2, 0) is 20.0 Å². The van der Waals surface area contributed by atoms with Crippen molar-refractivity contribution < 1.29 is 25.6 Å². The van der Waals surface area contributed by atoms with Crippen LogP contribution in [-0.4, -0.2) is 34.2 Å². The summed E-state index contributed by atoms with van der Waals surface area (Å²) in [4.78, 5) is -1.13. The maximum absolute atomic E-state index is 13.7. The Morgan fingerprint density at radius 3 is 1.88 bits per heavy atom. The van der Waals surface area contributed by atoms with Crippen molar-refractivity contribution in [3.8, 4) is 0 Å². The van der Waals surface area contributed by atoms with Crippen molar-refractivity contribution in [2.45, 2.75) is 29.7 Å². The summed E-state index contributed by atoms with van der Waals surface area (Å²) in [5, 5.41) is 0. The lowest BCUT2D eigenvalue weighted by Gasteiger charge is -2.21. The average molecular weight is 404 g/mol. The van der Waals surface area contributed by atoms with Gasteiger partial charge in [0.2, 0.25) is 10.0 Å². The second-order valence-corrected chi connectivity index (χ2v) is 9.41. The number of halogens is 2. The van der Waals surface area contributed by atoms with Crippen LogP contribution in [0.4, 0.5) is 14.5 Å². The van der Waals surface area contributed by atoms with Crippen LogP contribution >= 0.6 is 0 Å². The molecule has 0 heterocycles. The van der Waals surface area contributed by atoms with Gasteiger partial charge in [0.1, 0.15) is 11.6 Å². The zero-order valence-electron chi connectivity index (χ0n) is 14.3. The van der Waals surface area contributed by atoms with Crippen molar-refractivity contribution in [2.75, 3.05) is 11.8 Å². The summed E-state index contributed by atoms with van der Waals surface area (Å²) in [6, 6.07) is 7.28. The molecule has 2 aromatic carbocycles. The number of benzene rings is 2. The quantitative estimate of drug-likeness (QED) is 0.803. The molecule has 0 unspecified atom stereocenters. The highest BCUT2D eigenvalue weighted by Crippen LogP contribution is 2.23. The van der Waals surface area contributed by atoms with Crippen molar-refractivity contribution >= 4 is 25.7 Å². The Bertz CT molecular complexity index is 985. The number of nitrogens with zero attached hydrogens (tertiary/aromatic N) is 1. The highest BCUT2D eigenvalue weighted by molar-refractivity contribution is 7.92. The highest BCUT2D eigenvalue weighted by atomic mass is 32.2. The average Bonchev–Trinajstić information content (AvgIpc) is 2.53. The van der Waals surface area contributed by atoms with E-state index in [2.05, 4.69) is 0 Å². The summed E-state index contributed by atoms with van der Waals surface area (Å²) in [7, 11) is -6.81. The smallest absolute Gasteiger partial charge is 0.267 e. The van der Waals surface area contributed by atoms with Crippen LogP contribution in [0.1, 0.15) is 13.8 Å². The minimum Gasteiger partial charge on any atom is -0.279 e. The van der Waals surface area contributed by atoms with Gasteiger partial charge < -0.3 is 0 Å². The van der Waals surface area contributed by atoms with Crippen LogP contribution in [0.15, 0.2) is 52.3 Å². The summed E-state index contributed by atoms with van der Waals surface area (Å²) in [6.07, 6.45) is 0. The van der Waals surface area contributed by atoms with Crippen molar-refractivity contribution in [3.05, 3.63) is 54.1 Å². The molecule has 26 heavy (non-hydrogen) atoms. The molecule has 0 amide bonds. The van der Waals surface area contributed by atoms with Crippen LogP contribution in [0.3, 0.4) is 0 Å². The van der Waals surface area contributed by atoms with Gasteiger partial charge in [0.25, 0.3) is 10.0 Å². The molecule has 0 saturated heterocycles. The molecule has 0 spiro atoms. The molecule has 1 N–H and O–H groups in total.